The number of anilines is 1. The first-order chi connectivity index (χ1) is 10.7. The van der Waals surface area contributed by atoms with E-state index in [1.165, 1.54) is 24.8 Å². The van der Waals surface area contributed by atoms with Crippen molar-refractivity contribution in [2.45, 2.75) is 37.6 Å². The number of nitrogens with two attached hydrogens (primary N) is 1. The van der Waals surface area contributed by atoms with Crippen molar-refractivity contribution in [1.29, 1.82) is 0 Å². The summed E-state index contributed by atoms with van der Waals surface area (Å²) in [7, 11) is 0. The van der Waals surface area contributed by atoms with Gasteiger partial charge in [-0.25, -0.2) is 0 Å². The average molecular weight is 299 g/mol. The minimum absolute atomic E-state index is 0.207. The maximum absolute atomic E-state index is 12.7. The highest BCUT2D eigenvalue weighted by Gasteiger charge is 2.46. The van der Waals surface area contributed by atoms with E-state index >= 15 is 0 Å². The number of carbonyl (C=O) groups excluding carboxylic acids is 1. The molecule has 1 aliphatic heterocycles. The van der Waals surface area contributed by atoms with Gasteiger partial charge in [-0.2, -0.15) is 0 Å². The molecule has 4 heteroatoms. The lowest BCUT2D eigenvalue weighted by molar-refractivity contribution is -0.135. The van der Waals surface area contributed by atoms with Crippen molar-refractivity contribution < 1.29 is 4.79 Å². The molecule has 3 fully saturated rings. The molecule has 2 atom stereocenters. The van der Waals surface area contributed by atoms with Crippen molar-refractivity contribution in [3.63, 3.8) is 0 Å². The van der Waals surface area contributed by atoms with E-state index in [9.17, 15) is 4.79 Å². The van der Waals surface area contributed by atoms with Gasteiger partial charge in [-0.15, -0.1) is 0 Å². The maximum atomic E-state index is 12.7. The minimum atomic E-state index is 0.207. The normalized spacial score (nSPS) is 29.2. The second-order valence-corrected chi connectivity index (χ2v) is 7.06. The zero-order valence-corrected chi connectivity index (χ0v) is 13.1. The van der Waals surface area contributed by atoms with E-state index in [4.69, 9.17) is 5.73 Å². The zero-order chi connectivity index (χ0) is 15.1. The molecule has 4 nitrogen and oxygen atoms in total. The molecule has 3 aliphatic rings. The molecule has 2 aliphatic carbocycles. The Morgan fingerprint density at radius 2 is 1.73 bits per heavy atom. The van der Waals surface area contributed by atoms with Crippen molar-refractivity contribution in [2.24, 2.45) is 5.92 Å². The van der Waals surface area contributed by atoms with Gasteiger partial charge in [0.1, 0.15) is 0 Å². The first-order valence-corrected chi connectivity index (χ1v) is 8.60. The minimum Gasteiger partial charge on any atom is -0.399 e. The lowest BCUT2D eigenvalue weighted by Crippen LogP contribution is -2.53. The molecule has 118 valence electrons. The predicted octanol–water partition coefficient (Wildman–Crippen LogP) is 2.07. The summed E-state index contributed by atoms with van der Waals surface area (Å²) < 4.78 is 0. The van der Waals surface area contributed by atoms with Crippen LogP contribution in [0.2, 0.25) is 0 Å². The van der Waals surface area contributed by atoms with Crippen LogP contribution < -0.4 is 5.73 Å². The molecule has 1 aromatic carbocycles. The van der Waals surface area contributed by atoms with Crippen molar-refractivity contribution in [2.75, 3.05) is 31.9 Å². The molecule has 2 saturated carbocycles. The topological polar surface area (TPSA) is 49.6 Å². The van der Waals surface area contributed by atoms with Crippen LogP contribution >= 0.6 is 0 Å². The Balaban J connectivity index is 1.31. The van der Waals surface area contributed by atoms with Gasteiger partial charge in [0, 0.05) is 43.8 Å². The van der Waals surface area contributed by atoms with Crippen molar-refractivity contribution in [3.8, 4) is 0 Å². The van der Waals surface area contributed by atoms with Crippen molar-refractivity contribution in [3.05, 3.63) is 29.8 Å². The molecular weight excluding hydrogens is 274 g/mol. The van der Waals surface area contributed by atoms with Gasteiger partial charge in [0.05, 0.1) is 0 Å². The molecule has 0 aromatic heterocycles. The molecule has 0 radical (unpaired) electrons. The van der Waals surface area contributed by atoms with Crippen molar-refractivity contribution in [1.82, 2.24) is 9.80 Å². The Bertz CT molecular complexity index is 544. The van der Waals surface area contributed by atoms with Crippen molar-refractivity contribution >= 4 is 11.6 Å². The van der Waals surface area contributed by atoms with E-state index in [1.54, 1.807) is 0 Å². The summed E-state index contributed by atoms with van der Waals surface area (Å²) in [5.74, 6) is 0.992. The molecule has 4 rings (SSSR count). The number of rotatable bonds is 3. The van der Waals surface area contributed by atoms with Crippen LogP contribution in [-0.2, 0) is 4.79 Å². The average Bonchev–Trinajstić information content (AvgIpc) is 3.27. The van der Waals surface area contributed by atoms with Gasteiger partial charge >= 0.3 is 0 Å². The second kappa shape index (κ2) is 5.58. The van der Waals surface area contributed by atoms with Crippen LogP contribution in [0.4, 0.5) is 5.69 Å². The highest BCUT2D eigenvalue weighted by molar-refractivity contribution is 5.83. The lowest BCUT2D eigenvalue weighted by Gasteiger charge is -2.43. The third-order valence-electron chi connectivity index (χ3n) is 5.69. The summed E-state index contributed by atoms with van der Waals surface area (Å²) in [4.78, 5) is 17.3. The van der Waals surface area contributed by atoms with E-state index in [1.807, 2.05) is 12.1 Å². The Kier molecular flexibility index (Phi) is 3.57. The first kappa shape index (κ1) is 14.1. The Morgan fingerprint density at radius 3 is 2.32 bits per heavy atom. The van der Waals surface area contributed by atoms with Crippen LogP contribution in [0.25, 0.3) is 0 Å². The second-order valence-electron chi connectivity index (χ2n) is 7.06. The van der Waals surface area contributed by atoms with E-state index in [-0.39, 0.29) is 5.92 Å². The fraction of sp³-hybridized carbons (Fsp3) is 0.611. The lowest BCUT2D eigenvalue weighted by atomic mass is 9.91. The highest BCUT2D eigenvalue weighted by atomic mass is 16.2. The summed E-state index contributed by atoms with van der Waals surface area (Å²) in [5, 5.41) is 0. The van der Waals surface area contributed by atoms with Gasteiger partial charge in [-0.1, -0.05) is 18.6 Å². The van der Waals surface area contributed by atoms with Gasteiger partial charge in [-0.3, -0.25) is 9.69 Å². The van der Waals surface area contributed by atoms with E-state index in [2.05, 4.69) is 21.9 Å². The molecule has 1 unspecified atom stereocenters. The maximum Gasteiger partial charge on any atom is 0.226 e. The molecule has 1 heterocycles. The number of amides is 1. The summed E-state index contributed by atoms with van der Waals surface area (Å²) >= 11 is 0. The van der Waals surface area contributed by atoms with Gasteiger partial charge in [-0.05, 0) is 42.9 Å². The predicted molar refractivity (Wildman–Crippen MR) is 87.5 cm³/mol. The van der Waals surface area contributed by atoms with E-state index in [0.717, 1.165) is 44.3 Å². The van der Waals surface area contributed by atoms with Gasteiger partial charge < -0.3 is 10.6 Å². The molecular formula is C18H25N3O. The number of piperazine rings is 1. The molecule has 2 N–H and O–H groups in total. The fourth-order valence-electron chi connectivity index (χ4n) is 3.87. The molecule has 0 bridgehead atoms. The fourth-order valence-corrected chi connectivity index (χ4v) is 3.87. The van der Waals surface area contributed by atoms with Crippen LogP contribution in [0.15, 0.2) is 24.3 Å². The monoisotopic (exact) mass is 299 g/mol. The summed E-state index contributed by atoms with van der Waals surface area (Å²) in [6.07, 6.45) is 5.10. The number of hydrogen-bond acceptors (Lipinski definition) is 3. The zero-order valence-electron chi connectivity index (χ0n) is 13.1. The van der Waals surface area contributed by atoms with Crippen LogP contribution in [0.5, 0.6) is 0 Å². The standard InChI is InChI=1S/C18H25N3O/c19-14-6-4-13(5-7-14)16-12-17(16)18(22)21-10-8-20(9-11-21)15-2-1-3-15/h4-7,15-17H,1-3,8-12,19H2/t16?,17-/m0/s1. The van der Waals surface area contributed by atoms with E-state index < -0.39 is 0 Å². The summed E-state index contributed by atoms with van der Waals surface area (Å²) in [5.41, 5.74) is 7.79. The summed E-state index contributed by atoms with van der Waals surface area (Å²) in [6.45, 7) is 3.96. The van der Waals surface area contributed by atoms with E-state index in [0.29, 0.717) is 11.8 Å². The Labute approximate surface area is 132 Å². The number of benzene rings is 1. The first-order valence-electron chi connectivity index (χ1n) is 8.60. The molecule has 1 aromatic rings. The van der Waals surface area contributed by atoms with Crippen LogP contribution in [0.1, 0.15) is 37.2 Å². The largest absolute Gasteiger partial charge is 0.399 e. The molecule has 0 spiro atoms. The molecule has 22 heavy (non-hydrogen) atoms. The van der Waals surface area contributed by atoms with Crippen LogP contribution in [-0.4, -0.2) is 47.9 Å². The smallest absolute Gasteiger partial charge is 0.226 e. The Morgan fingerprint density at radius 1 is 1.05 bits per heavy atom. The number of carbonyl (C=O) groups is 1. The SMILES string of the molecule is Nc1ccc(C2C[C@@H]2C(=O)N2CCN(C3CCC3)CC2)cc1. The summed E-state index contributed by atoms with van der Waals surface area (Å²) in [6, 6.07) is 8.82. The van der Waals surface area contributed by atoms with Gasteiger partial charge in [0.15, 0.2) is 0 Å². The quantitative estimate of drug-likeness (QED) is 0.869. The number of nitrogen functional groups attached to an aromatic ring is 1. The Hall–Kier alpha value is -1.55. The van der Waals surface area contributed by atoms with Crippen LogP contribution in [0.3, 0.4) is 0 Å². The number of nitrogens with zero attached hydrogens (tertiary/aromatic N) is 2. The molecule has 1 saturated heterocycles. The van der Waals surface area contributed by atoms with Crippen LogP contribution in [0, 0.1) is 5.92 Å². The van der Waals surface area contributed by atoms with Gasteiger partial charge in [0.2, 0.25) is 5.91 Å². The van der Waals surface area contributed by atoms with Gasteiger partial charge in [0.25, 0.3) is 0 Å². The molecule has 1 amide bonds. The highest BCUT2D eigenvalue weighted by Crippen LogP contribution is 2.48. The number of hydrogen-bond donors (Lipinski definition) is 1. The third kappa shape index (κ3) is 2.60. The third-order valence-corrected chi connectivity index (χ3v) is 5.69.